The number of aliphatic hydroxyl groups excluding tert-OH is 10. The van der Waals surface area contributed by atoms with Crippen molar-refractivity contribution in [3.05, 3.63) is 92.0 Å². The normalized spacial score (nSPS) is 37.6. The summed E-state index contributed by atoms with van der Waals surface area (Å²) in [5.41, 5.74) is 0. The predicted octanol–water partition coefficient (Wildman–Crippen LogP) is 3.05. The van der Waals surface area contributed by atoms with Crippen LogP contribution in [0.2, 0.25) is 0 Å². The van der Waals surface area contributed by atoms with Crippen LogP contribution in [0.15, 0.2) is 85.6 Å². The molecule has 0 spiro atoms. The molecule has 4 saturated carbocycles. The first kappa shape index (κ1) is 45.4. The van der Waals surface area contributed by atoms with Gasteiger partial charge in [-0.2, -0.15) is 0 Å². The molecule has 308 valence electrons. The van der Waals surface area contributed by atoms with Crippen LogP contribution < -0.4 is 0 Å². The van der Waals surface area contributed by atoms with Crippen molar-refractivity contribution in [1.29, 1.82) is 0 Å². The van der Waals surface area contributed by atoms with Crippen molar-refractivity contribution in [1.82, 2.24) is 0 Å². The van der Waals surface area contributed by atoms with Gasteiger partial charge in [-0.15, -0.1) is 6.58 Å². The van der Waals surface area contributed by atoms with Crippen molar-refractivity contribution < 1.29 is 51.1 Å². The summed E-state index contributed by atoms with van der Waals surface area (Å²) in [5.74, 6) is 6.23. The summed E-state index contributed by atoms with van der Waals surface area (Å²) >= 11 is 0. The second-order valence-corrected chi connectivity index (χ2v) is 16.7. The lowest BCUT2D eigenvalue weighted by atomic mass is 9.89. The Kier molecular flexibility index (Phi) is 19.1. The van der Waals surface area contributed by atoms with Crippen molar-refractivity contribution in [3.63, 3.8) is 0 Å². The molecule has 10 heteroatoms. The molecular formula is C45H69O10+. The number of hydrogen-bond donors (Lipinski definition) is 10. The van der Waals surface area contributed by atoms with E-state index >= 15 is 0 Å². The van der Waals surface area contributed by atoms with Crippen LogP contribution in [0.4, 0.5) is 0 Å². The highest BCUT2D eigenvalue weighted by atomic mass is 16.3. The summed E-state index contributed by atoms with van der Waals surface area (Å²) in [6.07, 6.45) is 35.4. The third-order valence-corrected chi connectivity index (χ3v) is 13.1. The minimum Gasteiger partial charge on any atom is -0.394 e. The zero-order valence-corrected chi connectivity index (χ0v) is 32.3. The second-order valence-electron chi connectivity index (χ2n) is 16.7. The molecule has 9 aliphatic carbocycles. The van der Waals surface area contributed by atoms with Crippen LogP contribution in [0.5, 0.6) is 0 Å². The lowest BCUT2D eigenvalue weighted by Gasteiger charge is -2.22. The third-order valence-electron chi connectivity index (χ3n) is 13.1. The van der Waals surface area contributed by atoms with Crippen molar-refractivity contribution in [2.24, 2.45) is 71.0 Å². The van der Waals surface area contributed by atoms with Gasteiger partial charge in [-0.05, 0) is 122 Å². The maximum atomic E-state index is 9.40. The van der Waals surface area contributed by atoms with Crippen molar-refractivity contribution in [3.8, 4) is 0 Å². The molecule has 4 fully saturated rings. The second kappa shape index (κ2) is 23.2. The predicted molar refractivity (Wildman–Crippen MR) is 214 cm³/mol. The Balaban J connectivity index is 0.000000150. The molecule has 9 aliphatic rings. The van der Waals surface area contributed by atoms with E-state index in [1.807, 2.05) is 30.7 Å². The zero-order valence-electron chi connectivity index (χ0n) is 32.3. The van der Waals surface area contributed by atoms with Gasteiger partial charge in [0.15, 0.2) is 0 Å². The van der Waals surface area contributed by atoms with E-state index in [0.717, 1.165) is 25.7 Å². The fourth-order valence-corrected chi connectivity index (χ4v) is 10.00. The van der Waals surface area contributed by atoms with Crippen molar-refractivity contribution in [2.75, 3.05) is 33.0 Å². The Hall–Kier alpha value is -2.35. The highest BCUT2D eigenvalue weighted by Crippen LogP contribution is 2.47. The van der Waals surface area contributed by atoms with Crippen LogP contribution in [0.25, 0.3) is 0 Å². The van der Waals surface area contributed by atoms with Crippen LogP contribution in [-0.2, 0) is 0 Å². The number of aliphatic hydroxyl groups is 10. The topological polar surface area (TPSA) is 202 Å². The quantitative estimate of drug-likeness (QED) is 0.116. The van der Waals surface area contributed by atoms with E-state index in [2.05, 4.69) is 55.2 Å². The van der Waals surface area contributed by atoms with Crippen LogP contribution in [-0.4, -0.2) is 115 Å². The molecule has 0 heterocycles. The summed E-state index contributed by atoms with van der Waals surface area (Å²) in [4.78, 5) is 0. The molecule has 13 unspecified atom stereocenters. The number of fused-ring (bicyclic) bond motifs is 8. The number of rotatable bonds is 10. The molecule has 0 aromatic carbocycles. The van der Waals surface area contributed by atoms with Crippen LogP contribution in [0.3, 0.4) is 0 Å². The van der Waals surface area contributed by atoms with E-state index in [1.165, 1.54) is 31.8 Å². The lowest BCUT2D eigenvalue weighted by Crippen LogP contribution is -2.27. The smallest absolute Gasteiger partial charge is 0.0949 e. The third kappa shape index (κ3) is 13.1. The average molecular weight is 770 g/mol. The molecule has 0 radical (unpaired) electrons. The van der Waals surface area contributed by atoms with Gasteiger partial charge in [-0.1, -0.05) is 54.7 Å². The molecule has 55 heavy (non-hydrogen) atoms. The van der Waals surface area contributed by atoms with Crippen LogP contribution >= 0.6 is 0 Å². The molecule has 0 aliphatic heterocycles. The van der Waals surface area contributed by atoms with Gasteiger partial charge < -0.3 is 51.1 Å². The highest BCUT2D eigenvalue weighted by molar-refractivity contribution is 5.23. The van der Waals surface area contributed by atoms with Gasteiger partial charge in [-0.3, -0.25) is 0 Å². The molecule has 9 rings (SSSR count). The van der Waals surface area contributed by atoms with Gasteiger partial charge in [0.05, 0.1) is 87.9 Å². The molecule has 10 N–H and O–H groups in total. The first-order valence-electron chi connectivity index (χ1n) is 20.5. The molecule has 10 nitrogen and oxygen atoms in total. The number of hydrogen-bond acceptors (Lipinski definition) is 10. The Bertz CT molecular complexity index is 1140. The molecule has 0 aromatic rings. The molecule has 0 saturated heterocycles. The molecule has 8 bridgehead atoms. The summed E-state index contributed by atoms with van der Waals surface area (Å²) in [6.45, 7) is 2.66. The summed E-state index contributed by atoms with van der Waals surface area (Å²) < 4.78 is 0. The van der Waals surface area contributed by atoms with Gasteiger partial charge >= 0.3 is 0 Å². The average Bonchev–Trinajstić information content (AvgIpc) is 4.07. The fourth-order valence-electron chi connectivity index (χ4n) is 10.00. The maximum absolute atomic E-state index is 9.40. The van der Waals surface area contributed by atoms with Crippen molar-refractivity contribution >= 4 is 0 Å². The Morgan fingerprint density at radius 3 is 0.818 bits per heavy atom. The standard InChI is InChI=1S/4C9H14O2.C5H5.C4H8O2/c4*10-5-9(11)8-4-6-1-2-7(8)3-6;1-2-4-5-3-1;1-2-4(6)3-5/h4*1-2,6-11H,3-5H2;1-5H;2,4-6H,1,3H2/q;;;;+1;/t4*6?,7?,8?,9-;;/m1100../s1. The monoisotopic (exact) mass is 769 g/mol. The minimum absolute atomic E-state index is 0.0816. The Morgan fingerprint density at radius 1 is 0.436 bits per heavy atom. The molecular weight excluding hydrogens is 700 g/mol. The molecule has 0 amide bonds. The SMILES string of the molecule is C1=C[CH+]C=C1.C=CC(O)CO.OC[C@@H](O)C1CC2C=CC1C2.OC[C@@H](O)C1CC2C=CC1C2.OC[C@H](O)C1CC2C=CC1C2.OC[C@H](O)C1CC2C=CC1C2. The van der Waals surface area contributed by atoms with Gasteiger partial charge in [0.25, 0.3) is 0 Å². The summed E-state index contributed by atoms with van der Waals surface area (Å²) in [6, 6.07) is 0. The largest absolute Gasteiger partial charge is 0.394 e. The highest BCUT2D eigenvalue weighted by Gasteiger charge is 2.41. The minimum atomic E-state index is -0.745. The van der Waals surface area contributed by atoms with Gasteiger partial charge in [-0.25, -0.2) is 0 Å². The molecule has 17 atom stereocenters. The van der Waals surface area contributed by atoms with Gasteiger partial charge in [0, 0.05) is 6.42 Å². The maximum Gasteiger partial charge on any atom is 0.0949 e. The summed E-state index contributed by atoms with van der Waals surface area (Å²) in [5, 5.41) is 88.9. The van der Waals surface area contributed by atoms with E-state index in [4.69, 9.17) is 30.6 Å². The van der Waals surface area contributed by atoms with E-state index in [1.54, 1.807) is 0 Å². The van der Waals surface area contributed by atoms with Gasteiger partial charge in [0.1, 0.15) is 0 Å². The first-order valence-corrected chi connectivity index (χ1v) is 20.5. The number of allylic oxidation sites excluding steroid dienone is 12. The van der Waals surface area contributed by atoms with E-state index < -0.39 is 30.5 Å². The van der Waals surface area contributed by atoms with E-state index in [9.17, 15) is 20.4 Å². The lowest BCUT2D eigenvalue weighted by molar-refractivity contribution is 0.0374. The van der Waals surface area contributed by atoms with E-state index in [0.29, 0.717) is 71.0 Å². The van der Waals surface area contributed by atoms with Crippen molar-refractivity contribution in [2.45, 2.75) is 81.9 Å². The van der Waals surface area contributed by atoms with Crippen LogP contribution in [0.1, 0.15) is 51.4 Å². The summed E-state index contributed by atoms with van der Waals surface area (Å²) in [7, 11) is 0. The van der Waals surface area contributed by atoms with Crippen LogP contribution in [0, 0.1) is 77.4 Å². The van der Waals surface area contributed by atoms with Gasteiger partial charge in [0.2, 0.25) is 0 Å². The zero-order chi connectivity index (χ0) is 39.9. The Labute approximate surface area is 328 Å². The Morgan fingerprint density at radius 2 is 0.709 bits per heavy atom. The molecule has 0 aromatic heterocycles. The first-order chi connectivity index (χ1) is 26.5. The fraction of sp³-hybridized carbons (Fsp3) is 0.667. The van der Waals surface area contributed by atoms with E-state index in [-0.39, 0.29) is 33.0 Å².